The summed E-state index contributed by atoms with van der Waals surface area (Å²) in [5.41, 5.74) is 4.52. The minimum absolute atomic E-state index is 0.0266. The van der Waals surface area contributed by atoms with Crippen LogP contribution in [0, 0.1) is 13.8 Å². The van der Waals surface area contributed by atoms with Crippen LogP contribution in [0.5, 0.6) is 0 Å². The van der Waals surface area contributed by atoms with E-state index in [4.69, 9.17) is 0 Å². The predicted octanol–water partition coefficient (Wildman–Crippen LogP) is 4.47. The van der Waals surface area contributed by atoms with Crippen LogP contribution in [0.1, 0.15) is 28.4 Å². The molecule has 3 rings (SSSR count). The van der Waals surface area contributed by atoms with Crippen molar-refractivity contribution in [3.05, 3.63) is 64.5 Å². The van der Waals surface area contributed by atoms with Crippen LogP contribution in [0.25, 0.3) is 11.3 Å². The van der Waals surface area contributed by atoms with E-state index in [-0.39, 0.29) is 16.6 Å². The van der Waals surface area contributed by atoms with Gasteiger partial charge < -0.3 is 0 Å². The van der Waals surface area contributed by atoms with Gasteiger partial charge in [0.1, 0.15) is 0 Å². The molecule has 0 radical (unpaired) electrons. The average molecular weight is 401 g/mol. The molecule has 0 spiro atoms. The number of thiazole rings is 1. The van der Waals surface area contributed by atoms with Crippen LogP contribution in [-0.2, 0) is 9.84 Å². The molecule has 7 heteroatoms. The van der Waals surface area contributed by atoms with Gasteiger partial charge in [0.15, 0.2) is 15.0 Å². The van der Waals surface area contributed by atoms with Gasteiger partial charge in [-0.05, 0) is 49.7 Å². The molecule has 0 aliphatic carbocycles. The number of nitrogens with one attached hydrogen (secondary N) is 1. The summed E-state index contributed by atoms with van der Waals surface area (Å²) in [4.78, 5) is 17.1. The van der Waals surface area contributed by atoms with Gasteiger partial charge in [-0.1, -0.05) is 24.6 Å². The number of aromatic nitrogens is 1. The Hall–Kier alpha value is -2.51. The van der Waals surface area contributed by atoms with Crippen molar-refractivity contribution in [1.82, 2.24) is 4.98 Å². The zero-order valence-corrected chi connectivity index (χ0v) is 16.9. The second kappa shape index (κ2) is 7.62. The first-order valence-corrected chi connectivity index (χ1v) is 11.0. The van der Waals surface area contributed by atoms with Crippen molar-refractivity contribution in [1.29, 1.82) is 0 Å². The molecule has 1 amide bonds. The maximum absolute atomic E-state index is 12.4. The lowest BCUT2D eigenvalue weighted by atomic mass is 10.0. The van der Waals surface area contributed by atoms with Crippen molar-refractivity contribution < 1.29 is 13.2 Å². The lowest BCUT2D eigenvalue weighted by Crippen LogP contribution is -2.12. The first-order valence-electron chi connectivity index (χ1n) is 8.47. The van der Waals surface area contributed by atoms with Gasteiger partial charge in [-0.3, -0.25) is 10.1 Å². The standard InChI is InChI=1S/C20H20N2O3S2/c1-4-27(24,25)16-9-7-15(8-10-16)19(23)22-20-21-18(12-26-20)17-11-13(2)5-6-14(17)3/h5-12H,4H2,1-3H3,(H,21,22,23). The molecule has 0 aliphatic rings. The third-order valence-corrected chi connectivity index (χ3v) is 6.76. The highest BCUT2D eigenvalue weighted by atomic mass is 32.2. The molecule has 1 heterocycles. The molecule has 27 heavy (non-hydrogen) atoms. The van der Waals surface area contributed by atoms with Crippen LogP contribution >= 0.6 is 11.3 Å². The number of hydrogen-bond donors (Lipinski definition) is 1. The molecule has 140 valence electrons. The number of aryl methyl sites for hydroxylation is 2. The topological polar surface area (TPSA) is 76.1 Å². The summed E-state index contributed by atoms with van der Waals surface area (Å²) < 4.78 is 23.7. The van der Waals surface area contributed by atoms with Crippen LogP contribution in [-0.4, -0.2) is 25.1 Å². The van der Waals surface area contributed by atoms with Gasteiger partial charge in [-0.2, -0.15) is 0 Å². The van der Waals surface area contributed by atoms with Crippen molar-refractivity contribution in [2.45, 2.75) is 25.7 Å². The van der Waals surface area contributed by atoms with E-state index in [1.54, 1.807) is 6.92 Å². The molecule has 0 saturated heterocycles. The minimum atomic E-state index is -3.28. The Morgan fingerprint density at radius 1 is 1.11 bits per heavy atom. The summed E-state index contributed by atoms with van der Waals surface area (Å²) in [6.45, 7) is 5.64. The van der Waals surface area contributed by atoms with Gasteiger partial charge >= 0.3 is 0 Å². The van der Waals surface area contributed by atoms with Gasteiger partial charge in [-0.25, -0.2) is 13.4 Å². The molecule has 0 saturated carbocycles. The summed E-state index contributed by atoms with van der Waals surface area (Å²) in [5, 5.41) is 5.19. The molecule has 0 bridgehead atoms. The molecule has 0 atom stereocenters. The second-order valence-corrected chi connectivity index (χ2v) is 9.37. The Labute approximate surface area is 163 Å². The number of nitrogens with zero attached hydrogens (tertiary/aromatic N) is 1. The molecule has 2 aromatic carbocycles. The van der Waals surface area contributed by atoms with Crippen LogP contribution in [0.2, 0.25) is 0 Å². The lowest BCUT2D eigenvalue weighted by Gasteiger charge is -2.05. The normalized spacial score (nSPS) is 11.4. The average Bonchev–Trinajstić information content (AvgIpc) is 3.12. The summed E-state index contributed by atoms with van der Waals surface area (Å²) in [5.74, 6) is -0.295. The van der Waals surface area contributed by atoms with E-state index in [0.717, 1.165) is 22.4 Å². The van der Waals surface area contributed by atoms with E-state index >= 15 is 0 Å². The van der Waals surface area contributed by atoms with Crippen LogP contribution in [0.4, 0.5) is 5.13 Å². The van der Waals surface area contributed by atoms with Crippen molar-refractivity contribution in [3.63, 3.8) is 0 Å². The van der Waals surface area contributed by atoms with Crippen molar-refractivity contribution in [2.75, 3.05) is 11.1 Å². The molecule has 5 nitrogen and oxygen atoms in total. The van der Waals surface area contributed by atoms with Gasteiger partial charge in [0.2, 0.25) is 0 Å². The number of carbonyl (C=O) groups is 1. The van der Waals surface area contributed by atoms with E-state index in [0.29, 0.717) is 10.7 Å². The monoisotopic (exact) mass is 400 g/mol. The van der Waals surface area contributed by atoms with Crippen LogP contribution in [0.15, 0.2) is 52.7 Å². The summed E-state index contributed by atoms with van der Waals surface area (Å²) in [7, 11) is -3.28. The molecule has 3 aromatic rings. The number of amides is 1. The lowest BCUT2D eigenvalue weighted by molar-refractivity contribution is 0.102. The largest absolute Gasteiger partial charge is 0.298 e. The van der Waals surface area contributed by atoms with Gasteiger partial charge in [0, 0.05) is 16.5 Å². The SMILES string of the molecule is CCS(=O)(=O)c1ccc(C(=O)Nc2nc(-c3cc(C)ccc3C)cs2)cc1. The Morgan fingerprint density at radius 3 is 2.48 bits per heavy atom. The number of benzene rings is 2. The number of anilines is 1. The Kier molecular flexibility index (Phi) is 5.43. The first kappa shape index (κ1) is 19.3. The predicted molar refractivity (Wildman–Crippen MR) is 109 cm³/mol. The van der Waals surface area contributed by atoms with E-state index in [2.05, 4.69) is 22.4 Å². The fourth-order valence-corrected chi connectivity index (χ4v) is 4.21. The molecule has 1 aromatic heterocycles. The molecule has 1 N–H and O–H groups in total. The molecule has 0 unspecified atom stereocenters. The van der Waals surface area contributed by atoms with Gasteiger partial charge in [0.05, 0.1) is 16.3 Å². The van der Waals surface area contributed by atoms with Gasteiger partial charge in [-0.15, -0.1) is 11.3 Å². The molecule has 0 aliphatic heterocycles. The number of rotatable bonds is 5. The molecule has 0 fully saturated rings. The molecular weight excluding hydrogens is 380 g/mol. The number of sulfone groups is 1. The fourth-order valence-electron chi connectivity index (χ4n) is 2.62. The quantitative estimate of drug-likeness (QED) is 0.685. The zero-order valence-electron chi connectivity index (χ0n) is 15.3. The van der Waals surface area contributed by atoms with Crippen LogP contribution < -0.4 is 5.32 Å². The third kappa shape index (κ3) is 4.26. The molecular formula is C20H20N2O3S2. The highest BCUT2D eigenvalue weighted by molar-refractivity contribution is 7.91. The summed E-state index contributed by atoms with van der Waals surface area (Å²) >= 11 is 1.35. The Balaban J connectivity index is 1.77. The highest BCUT2D eigenvalue weighted by Gasteiger charge is 2.14. The smallest absolute Gasteiger partial charge is 0.257 e. The fraction of sp³-hybridized carbons (Fsp3) is 0.200. The van der Waals surface area contributed by atoms with E-state index < -0.39 is 9.84 Å². The minimum Gasteiger partial charge on any atom is -0.298 e. The highest BCUT2D eigenvalue weighted by Crippen LogP contribution is 2.28. The third-order valence-electron chi connectivity index (χ3n) is 4.25. The van der Waals surface area contributed by atoms with E-state index in [1.165, 1.54) is 35.6 Å². The summed E-state index contributed by atoms with van der Waals surface area (Å²) in [6, 6.07) is 12.1. The zero-order chi connectivity index (χ0) is 19.6. The maximum Gasteiger partial charge on any atom is 0.257 e. The van der Waals surface area contributed by atoms with E-state index in [1.807, 2.05) is 25.3 Å². The number of carbonyl (C=O) groups excluding carboxylic acids is 1. The van der Waals surface area contributed by atoms with Crippen LogP contribution in [0.3, 0.4) is 0 Å². The van der Waals surface area contributed by atoms with E-state index in [9.17, 15) is 13.2 Å². The van der Waals surface area contributed by atoms with Crippen molar-refractivity contribution in [2.24, 2.45) is 0 Å². The van der Waals surface area contributed by atoms with Gasteiger partial charge in [0.25, 0.3) is 5.91 Å². The Bertz CT molecular complexity index is 1080. The Morgan fingerprint density at radius 2 is 1.81 bits per heavy atom. The second-order valence-electron chi connectivity index (χ2n) is 6.24. The first-order chi connectivity index (χ1) is 12.8. The van der Waals surface area contributed by atoms with Crippen molar-refractivity contribution >= 4 is 32.2 Å². The van der Waals surface area contributed by atoms with Crippen molar-refractivity contribution in [3.8, 4) is 11.3 Å². The number of hydrogen-bond acceptors (Lipinski definition) is 5. The maximum atomic E-state index is 12.4. The summed E-state index contributed by atoms with van der Waals surface area (Å²) in [6.07, 6.45) is 0.